The van der Waals surface area contributed by atoms with Gasteiger partial charge in [-0.05, 0) is 18.1 Å². The van der Waals surface area contributed by atoms with E-state index in [9.17, 15) is 9.18 Å². The molecule has 0 radical (unpaired) electrons. The fraction of sp³-hybridized carbons (Fsp3) is 0.333. The molecule has 1 aliphatic heterocycles. The highest BCUT2D eigenvalue weighted by Gasteiger charge is 2.23. The molecule has 0 saturated carbocycles. The van der Waals surface area contributed by atoms with Crippen molar-refractivity contribution in [2.75, 3.05) is 36.0 Å². The summed E-state index contributed by atoms with van der Waals surface area (Å²) >= 11 is 0. The van der Waals surface area contributed by atoms with Crippen molar-refractivity contribution in [3.05, 3.63) is 76.2 Å². The Kier molecular flexibility index (Phi) is 5.50. The van der Waals surface area contributed by atoms with E-state index in [0.29, 0.717) is 50.7 Å². The maximum absolute atomic E-state index is 14.6. The molecular weight excluding hydrogens is 371 g/mol. The van der Waals surface area contributed by atoms with Crippen LogP contribution in [0.4, 0.5) is 16.0 Å². The van der Waals surface area contributed by atoms with E-state index in [4.69, 9.17) is 0 Å². The molecule has 3 heterocycles. The van der Waals surface area contributed by atoms with E-state index in [1.165, 1.54) is 11.0 Å². The maximum Gasteiger partial charge on any atom is 0.267 e. The molecule has 1 saturated heterocycles. The minimum atomic E-state index is -0.335. The summed E-state index contributed by atoms with van der Waals surface area (Å²) in [6.07, 6.45) is 1.96. The number of anilines is 2. The number of aryl methyl sites for hydroxylation is 1. The van der Waals surface area contributed by atoms with Crippen LogP contribution in [0.25, 0.3) is 0 Å². The first kappa shape index (κ1) is 19.0. The molecule has 0 aliphatic carbocycles. The van der Waals surface area contributed by atoms with Gasteiger partial charge in [0.1, 0.15) is 12.1 Å². The summed E-state index contributed by atoms with van der Waals surface area (Å²) in [6.45, 7) is 4.89. The predicted octanol–water partition coefficient (Wildman–Crippen LogP) is 2.11. The van der Waals surface area contributed by atoms with Gasteiger partial charge in [-0.2, -0.15) is 5.10 Å². The van der Waals surface area contributed by atoms with Crippen molar-refractivity contribution in [3.63, 3.8) is 0 Å². The van der Waals surface area contributed by atoms with Crippen LogP contribution in [0.2, 0.25) is 0 Å². The fourth-order valence-corrected chi connectivity index (χ4v) is 3.49. The Hall–Kier alpha value is -3.29. The van der Waals surface area contributed by atoms with Crippen molar-refractivity contribution in [1.82, 2.24) is 19.7 Å². The topological polar surface area (TPSA) is 67.2 Å². The Morgan fingerprint density at radius 1 is 0.966 bits per heavy atom. The first-order valence-corrected chi connectivity index (χ1v) is 9.77. The van der Waals surface area contributed by atoms with Gasteiger partial charge in [0.25, 0.3) is 5.56 Å². The van der Waals surface area contributed by atoms with E-state index >= 15 is 0 Å². The van der Waals surface area contributed by atoms with Gasteiger partial charge in [0.15, 0.2) is 11.6 Å². The SMILES string of the molecule is CCc1ncnc(N2CCN(c3ccc(=O)n(Cc4ccccc4)n3)CC2)c1F. The minimum Gasteiger partial charge on any atom is -0.352 e. The van der Waals surface area contributed by atoms with E-state index < -0.39 is 0 Å². The Morgan fingerprint density at radius 2 is 1.69 bits per heavy atom. The van der Waals surface area contributed by atoms with E-state index in [-0.39, 0.29) is 11.4 Å². The molecule has 1 aromatic carbocycles. The van der Waals surface area contributed by atoms with Gasteiger partial charge in [0, 0.05) is 32.2 Å². The lowest BCUT2D eigenvalue weighted by Crippen LogP contribution is -2.48. The predicted molar refractivity (Wildman–Crippen MR) is 110 cm³/mol. The van der Waals surface area contributed by atoms with Gasteiger partial charge >= 0.3 is 0 Å². The van der Waals surface area contributed by atoms with Crippen molar-refractivity contribution >= 4 is 11.6 Å². The van der Waals surface area contributed by atoms with Gasteiger partial charge in [-0.3, -0.25) is 4.79 Å². The van der Waals surface area contributed by atoms with Crippen LogP contribution in [0.15, 0.2) is 53.6 Å². The Balaban J connectivity index is 1.48. The van der Waals surface area contributed by atoms with E-state index in [0.717, 1.165) is 11.4 Å². The Morgan fingerprint density at radius 3 is 2.41 bits per heavy atom. The maximum atomic E-state index is 14.6. The lowest BCUT2D eigenvalue weighted by Gasteiger charge is -2.36. The molecule has 0 atom stereocenters. The zero-order valence-corrected chi connectivity index (χ0v) is 16.3. The quantitative estimate of drug-likeness (QED) is 0.660. The molecule has 1 aliphatic rings. The van der Waals surface area contributed by atoms with Crippen LogP contribution >= 0.6 is 0 Å². The van der Waals surface area contributed by atoms with E-state index in [1.54, 1.807) is 12.1 Å². The summed E-state index contributed by atoms with van der Waals surface area (Å²) < 4.78 is 16.0. The zero-order valence-electron chi connectivity index (χ0n) is 16.3. The molecule has 0 N–H and O–H groups in total. The standard InChI is InChI=1S/C21H23FN6O/c1-2-17-20(22)21(24-15-23-17)27-12-10-26(11-13-27)18-8-9-19(29)28(25-18)14-16-6-4-3-5-7-16/h3-9,15H,2,10-14H2,1H3. The van der Waals surface area contributed by atoms with Crippen molar-refractivity contribution in [2.24, 2.45) is 0 Å². The molecule has 0 spiro atoms. The van der Waals surface area contributed by atoms with Gasteiger partial charge < -0.3 is 9.80 Å². The van der Waals surface area contributed by atoms with Gasteiger partial charge in [0.2, 0.25) is 0 Å². The van der Waals surface area contributed by atoms with Crippen LogP contribution in [0.1, 0.15) is 18.2 Å². The number of aromatic nitrogens is 4. The molecule has 0 amide bonds. The summed E-state index contributed by atoms with van der Waals surface area (Å²) in [6, 6.07) is 13.1. The van der Waals surface area contributed by atoms with Gasteiger partial charge in [-0.1, -0.05) is 37.3 Å². The lowest BCUT2D eigenvalue weighted by molar-refractivity contribution is 0.562. The molecule has 3 aromatic rings. The highest BCUT2D eigenvalue weighted by molar-refractivity contribution is 5.45. The second-order valence-electron chi connectivity index (χ2n) is 6.96. The molecule has 29 heavy (non-hydrogen) atoms. The molecule has 2 aromatic heterocycles. The van der Waals surface area contributed by atoms with Crippen LogP contribution in [0, 0.1) is 5.82 Å². The third-order valence-electron chi connectivity index (χ3n) is 5.11. The monoisotopic (exact) mass is 394 g/mol. The number of benzene rings is 1. The highest BCUT2D eigenvalue weighted by Crippen LogP contribution is 2.21. The summed E-state index contributed by atoms with van der Waals surface area (Å²) in [5.74, 6) is 0.772. The summed E-state index contributed by atoms with van der Waals surface area (Å²) in [7, 11) is 0. The molecular formula is C21H23FN6O. The smallest absolute Gasteiger partial charge is 0.267 e. The summed E-state index contributed by atoms with van der Waals surface area (Å²) in [5, 5.41) is 4.55. The average Bonchev–Trinajstić information content (AvgIpc) is 2.76. The third-order valence-corrected chi connectivity index (χ3v) is 5.11. The largest absolute Gasteiger partial charge is 0.352 e. The first-order chi connectivity index (χ1) is 14.2. The second-order valence-corrected chi connectivity index (χ2v) is 6.96. The normalized spacial score (nSPS) is 14.3. The van der Waals surface area contributed by atoms with Crippen LogP contribution in [-0.2, 0) is 13.0 Å². The number of hydrogen-bond donors (Lipinski definition) is 0. The Bertz CT molecular complexity index is 1030. The molecule has 4 rings (SSSR count). The Labute approximate surface area is 168 Å². The van der Waals surface area contributed by atoms with Crippen molar-refractivity contribution in [3.8, 4) is 0 Å². The van der Waals surface area contributed by atoms with Gasteiger partial charge in [-0.25, -0.2) is 19.0 Å². The molecule has 8 heteroatoms. The van der Waals surface area contributed by atoms with Crippen LogP contribution < -0.4 is 15.4 Å². The summed E-state index contributed by atoms with van der Waals surface area (Å²) in [4.78, 5) is 24.4. The number of piperazine rings is 1. The number of hydrogen-bond acceptors (Lipinski definition) is 6. The van der Waals surface area contributed by atoms with E-state index in [1.807, 2.05) is 42.2 Å². The minimum absolute atomic E-state index is 0.133. The molecule has 0 unspecified atom stereocenters. The average molecular weight is 394 g/mol. The van der Waals surface area contributed by atoms with E-state index in [2.05, 4.69) is 20.0 Å². The molecule has 0 bridgehead atoms. The van der Waals surface area contributed by atoms with Crippen LogP contribution in [0.3, 0.4) is 0 Å². The van der Waals surface area contributed by atoms with Crippen LogP contribution in [-0.4, -0.2) is 45.9 Å². The molecule has 7 nitrogen and oxygen atoms in total. The van der Waals surface area contributed by atoms with Gasteiger partial charge in [0.05, 0.1) is 12.2 Å². The molecule has 150 valence electrons. The number of nitrogens with zero attached hydrogens (tertiary/aromatic N) is 6. The van der Waals surface area contributed by atoms with Crippen molar-refractivity contribution in [1.29, 1.82) is 0 Å². The first-order valence-electron chi connectivity index (χ1n) is 9.77. The van der Waals surface area contributed by atoms with Crippen molar-refractivity contribution in [2.45, 2.75) is 19.9 Å². The molecule has 1 fully saturated rings. The van der Waals surface area contributed by atoms with Crippen molar-refractivity contribution < 1.29 is 4.39 Å². The number of rotatable bonds is 5. The zero-order chi connectivity index (χ0) is 20.2. The van der Waals surface area contributed by atoms with Crippen LogP contribution in [0.5, 0.6) is 0 Å². The fourth-order valence-electron chi connectivity index (χ4n) is 3.49. The van der Waals surface area contributed by atoms with Gasteiger partial charge in [-0.15, -0.1) is 0 Å². The highest BCUT2D eigenvalue weighted by atomic mass is 19.1. The third kappa shape index (κ3) is 4.11. The lowest BCUT2D eigenvalue weighted by atomic mass is 10.2. The number of halogens is 1. The summed E-state index contributed by atoms with van der Waals surface area (Å²) in [5.41, 5.74) is 1.33. The second kappa shape index (κ2) is 8.38.